The zero-order valence-electron chi connectivity index (χ0n) is 12.5. The fourth-order valence-electron chi connectivity index (χ4n) is 3.38. The van der Waals surface area contributed by atoms with Gasteiger partial charge < -0.3 is 20.7 Å². The molecule has 3 fully saturated rings. The first kappa shape index (κ1) is 14.8. The molecule has 3 N–H and O–H groups in total. The number of ether oxygens (including phenoxy) is 1. The van der Waals surface area contributed by atoms with Gasteiger partial charge in [0.15, 0.2) is 0 Å². The maximum atomic E-state index is 13.0. The van der Waals surface area contributed by atoms with Gasteiger partial charge in [0.2, 0.25) is 11.8 Å². The summed E-state index contributed by atoms with van der Waals surface area (Å²) in [7, 11) is 0. The second-order valence-electron chi connectivity index (χ2n) is 6.54. The Kier molecular flexibility index (Phi) is 4.17. The lowest BCUT2D eigenvalue weighted by Crippen LogP contribution is -2.55. The van der Waals surface area contributed by atoms with Crippen LogP contribution in [0.2, 0.25) is 0 Å². The van der Waals surface area contributed by atoms with Crippen LogP contribution in [-0.2, 0) is 14.3 Å². The number of nitrogens with one attached hydrogen (secondary N) is 1. The molecular weight excluding hydrogens is 270 g/mol. The van der Waals surface area contributed by atoms with Gasteiger partial charge in [0.25, 0.3) is 0 Å². The van der Waals surface area contributed by atoms with Gasteiger partial charge in [-0.2, -0.15) is 0 Å². The molecule has 2 aliphatic heterocycles. The van der Waals surface area contributed by atoms with Crippen LogP contribution in [-0.4, -0.2) is 55.1 Å². The van der Waals surface area contributed by atoms with Crippen LogP contribution in [0.3, 0.4) is 0 Å². The van der Waals surface area contributed by atoms with Crippen LogP contribution in [0.1, 0.15) is 38.5 Å². The van der Waals surface area contributed by atoms with Gasteiger partial charge in [-0.25, -0.2) is 0 Å². The van der Waals surface area contributed by atoms with Gasteiger partial charge in [0, 0.05) is 32.3 Å². The van der Waals surface area contributed by atoms with Gasteiger partial charge >= 0.3 is 0 Å². The fraction of sp³-hybridized carbons (Fsp3) is 0.867. The van der Waals surface area contributed by atoms with Crippen molar-refractivity contribution >= 4 is 11.8 Å². The molecule has 0 spiro atoms. The van der Waals surface area contributed by atoms with E-state index in [1.165, 1.54) is 0 Å². The summed E-state index contributed by atoms with van der Waals surface area (Å²) in [5, 5.41) is 3.03. The number of hydrogen-bond donors (Lipinski definition) is 2. The molecule has 1 atom stereocenters. The van der Waals surface area contributed by atoms with Crippen molar-refractivity contribution in [3.63, 3.8) is 0 Å². The summed E-state index contributed by atoms with van der Waals surface area (Å²) >= 11 is 0. The zero-order chi connectivity index (χ0) is 14.9. The molecule has 0 aromatic heterocycles. The molecule has 2 heterocycles. The Morgan fingerprint density at radius 2 is 1.95 bits per heavy atom. The third-order valence-corrected chi connectivity index (χ3v) is 5.03. The quantitative estimate of drug-likeness (QED) is 0.765. The number of hydrogen-bond acceptors (Lipinski definition) is 4. The molecule has 6 heteroatoms. The standard InChI is InChI=1S/C15H25N3O3/c16-10-15(5-8-21-9-6-15)14(20)18-7-1-2-12(18)13(19)17-11-3-4-11/h11-12H,1-10,16H2,(H,17,19). The first-order chi connectivity index (χ1) is 10.2. The molecule has 1 saturated carbocycles. The van der Waals surface area contributed by atoms with Gasteiger partial charge in [0.05, 0.1) is 5.41 Å². The third-order valence-electron chi connectivity index (χ3n) is 5.03. The fourth-order valence-corrected chi connectivity index (χ4v) is 3.38. The van der Waals surface area contributed by atoms with Crippen LogP contribution < -0.4 is 11.1 Å². The van der Waals surface area contributed by atoms with E-state index in [1.54, 1.807) is 4.90 Å². The number of rotatable bonds is 4. The Morgan fingerprint density at radius 3 is 2.57 bits per heavy atom. The van der Waals surface area contributed by atoms with Gasteiger partial charge in [-0.3, -0.25) is 9.59 Å². The van der Waals surface area contributed by atoms with Crippen LogP contribution in [0.4, 0.5) is 0 Å². The lowest BCUT2D eigenvalue weighted by molar-refractivity contribution is -0.151. The van der Waals surface area contributed by atoms with Gasteiger partial charge in [0.1, 0.15) is 6.04 Å². The van der Waals surface area contributed by atoms with Crippen LogP contribution in [0.5, 0.6) is 0 Å². The van der Waals surface area contributed by atoms with Crippen molar-refractivity contribution in [1.29, 1.82) is 0 Å². The maximum absolute atomic E-state index is 13.0. The normalized spacial score (nSPS) is 28.4. The molecule has 3 aliphatic rings. The first-order valence-electron chi connectivity index (χ1n) is 8.05. The molecule has 6 nitrogen and oxygen atoms in total. The lowest BCUT2D eigenvalue weighted by Gasteiger charge is -2.39. The van der Waals surface area contributed by atoms with Crippen molar-refractivity contribution < 1.29 is 14.3 Å². The minimum Gasteiger partial charge on any atom is -0.381 e. The summed E-state index contributed by atoms with van der Waals surface area (Å²) in [6.45, 7) is 2.16. The molecular formula is C15H25N3O3. The second kappa shape index (κ2) is 5.93. The average Bonchev–Trinajstić information content (AvgIpc) is 3.19. The molecule has 2 saturated heterocycles. The number of carbonyl (C=O) groups is 2. The SMILES string of the molecule is NCC1(C(=O)N2CCCC2C(=O)NC2CC2)CCOCC1. The van der Waals surface area contributed by atoms with Crippen LogP contribution in [0.15, 0.2) is 0 Å². The summed E-state index contributed by atoms with van der Waals surface area (Å²) in [5.74, 6) is 0.0735. The highest BCUT2D eigenvalue weighted by molar-refractivity contribution is 5.91. The summed E-state index contributed by atoms with van der Waals surface area (Å²) < 4.78 is 5.37. The third kappa shape index (κ3) is 2.92. The van der Waals surface area contributed by atoms with Gasteiger partial charge in [-0.1, -0.05) is 0 Å². The predicted molar refractivity (Wildman–Crippen MR) is 77.4 cm³/mol. The molecule has 0 aromatic rings. The Labute approximate surface area is 125 Å². The van der Waals surface area contributed by atoms with Crippen LogP contribution in [0, 0.1) is 5.41 Å². The van der Waals surface area contributed by atoms with E-state index in [9.17, 15) is 9.59 Å². The summed E-state index contributed by atoms with van der Waals surface area (Å²) in [4.78, 5) is 27.1. The van der Waals surface area contributed by atoms with E-state index in [1.807, 2.05) is 0 Å². The van der Waals surface area contributed by atoms with Crippen LogP contribution >= 0.6 is 0 Å². The van der Waals surface area contributed by atoms with E-state index in [0.717, 1.165) is 25.7 Å². The molecule has 0 aromatic carbocycles. The van der Waals surface area contributed by atoms with E-state index in [4.69, 9.17) is 10.5 Å². The molecule has 0 bridgehead atoms. The Bertz CT molecular complexity index is 416. The molecule has 118 valence electrons. The molecule has 3 rings (SSSR count). The van der Waals surface area contributed by atoms with Crippen molar-refractivity contribution in [2.45, 2.75) is 50.6 Å². The van der Waals surface area contributed by atoms with Crippen molar-refractivity contribution in [3.8, 4) is 0 Å². The largest absolute Gasteiger partial charge is 0.381 e. The summed E-state index contributed by atoms with van der Waals surface area (Å²) in [5.41, 5.74) is 5.39. The molecule has 1 aliphatic carbocycles. The molecule has 0 radical (unpaired) electrons. The second-order valence-corrected chi connectivity index (χ2v) is 6.54. The Morgan fingerprint density at radius 1 is 1.24 bits per heavy atom. The minimum atomic E-state index is -0.527. The van der Waals surface area contributed by atoms with Crippen molar-refractivity contribution in [2.75, 3.05) is 26.3 Å². The van der Waals surface area contributed by atoms with Gasteiger partial charge in [-0.05, 0) is 38.5 Å². The molecule has 2 amide bonds. The highest BCUT2D eigenvalue weighted by atomic mass is 16.5. The lowest BCUT2D eigenvalue weighted by atomic mass is 9.78. The number of likely N-dealkylation sites (tertiary alicyclic amines) is 1. The maximum Gasteiger partial charge on any atom is 0.243 e. The topological polar surface area (TPSA) is 84.7 Å². The number of carbonyl (C=O) groups excluding carboxylic acids is 2. The van der Waals surface area contributed by atoms with Crippen molar-refractivity contribution in [2.24, 2.45) is 11.1 Å². The van der Waals surface area contributed by atoms with E-state index in [-0.39, 0.29) is 17.9 Å². The zero-order valence-corrected chi connectivity index (χ0v) is 12.5. The smallest absolute Gasteiger partial charge is 0.243 e. The number of amides is 2. The minimum absolute atomic E-state index is 0.0163. The summed E-state index contributed by atoms with van der Waals surface area (Å²) in [6, 6.07) is 0.0333. The highest BCUT2D eigenvalue weighted by Gasteiger charge is 2.46. The number of nitrogens with two attached hydrogens (primary N) is 1. The van der Waals surface area contributed by atoms with E-state index in [0.29, 0.717) is 45.2 Å². The predicted octanol–water partition coefficient (Wildman–Crippen LogP) is 0.0115. The highest BCUT2D eigenvalue weighted by Crippen LogP contribution is 2.34. The number of nitrogens with zero attached hydrogens (tertiary/aromatic N) is 1. The Hall–Kier alpha value is -1.14. The molecule has 1 unspecified atom stereocenters. The van der Waals surface area contributed by atoms with E-state index < -0.39 is 5.41 Å². The van der Waals surface area contributed by atoms with E-state index >= 15 is 0 Å². The average molecular weight is 295 g/mol. The van der Waals surface area contributed by atoms with E-state index in [2.05, 4.69) is 5.32 Å². The Balaban J connectivity index is 1.70. The van der Waals surface area contributed by atoms with Gasteiger partial charge in [-0.15, -0.1) is 0 Å². The van der Waals surface area contributed by atoms with Crippen molar-refractivity contribution in [3.05, 3.63) is 0 Å². The monoisotopic (exact) mass is 295 g/mol. The first-order valence-corrected chi connectivity index (χ1v) is 8.05. The van der Waals surface area contributed by atoms with Crippen molar-refractivity contribution in [1.82, 2.24) is 10.2 Å². The van der Waals surface area contributed by atoms with Crippen LogP contribution in [0.25, 0.3) is 0 Å². The summed E-state index contributed by atoms with van der Waals surface area (Å²) in [6.07, 6.45) is 5.12. The molecule has 21 heavy (non-hydrogen) atoms.